The van der Waals surface area contributed by atoms with Crippen molar-refractivity contribution in [3.63, 3.8) is 0 Å². The fourth-order valence-corrected chi connectivity index (χ4v) is 2.11. The summed E-state index contributed by atoms with van der Waals surface area (Å²) >= 11 is 0. The minimum atomic E-state index is -0.00268. The normalized spacial score (nSPS) is 10.5. The minimum absolute atomic E-state index is 0.00268. The number of benzene rings is 2. The van der Waals surface area contributed by atoms with E-state index < -0.39 is 0 Å². The van der Waals surface area contributed by atoms with E-state index in [1.165, 1.54) is 0 Å². The zero-order valence-electron chi connectivity index (χ0n) is 10.4. The fraction of sp³-hybridized carbons (Fsp3) is 0.0625. The number of amides is 1. The Kier molecular flexibility index (Phi) is 3.02. The first-order valence-corrected chi connectivity index (χ1v) is 6.22. The highest BCUT2D eigenvalue weighted by Gasteiger charge is 2.04. The van der Waals surface area contributed by atoms with Crippen LogP contribution < -0.4 is 5.32 Å². The van der Waals surface area contributed by atoms with Crippen LogP contribution in [-0.2, 0) is 11.2 Å². The first kappa shape index (κ1) is 11.5. The van der Waals surface area contributed by atoms with E-state index in [0.29, 0.717) is 6.42 Å². The van der Waals surface area contributed by atoms with Gasteiger partial charge in [0.05, 0.1) is 6.42 Å². The van der Waals surface area contributed by atoms with Gasteiger partial charge in [-0.1, -0.05) is 36.4 Å². The van der Waals surface area contributed by atoms with Gasteiger partial charge in [0.2, 0.25) is 5.91 Å². The highest BCUT2D eigenvalue weighted by molar-refractivity contribution is 5.94. The molecule has 0 spiro atoms. The van der Waals surface area contributed by atoms with E-state index >= 15 is 0 Å². The third-order valence-corrected chi connectivity index (χ3v) is 3.05. The number of anilines is 1. The zero-order valence-corrected chi connectivity index (χ0v) is 10.4. The van der Waals surface area contributed by atoms with Crippen molar-refractivity contribution in [2.24, 2.45) is 0 Å². The molecule has 0 aliphatic carbocycles. The molecule has 2 N–H and O–H groups in total. The molecule has 94 valence electrons. The quantitative estimate of drug-likeness (QED) is 0.735. The molecule has 3 aromatic rings. The van der Waals surface area contributed by atoms with Crippen molar-refractivity contribution < 1.29 is 4.79 Å². The van der Waals surface area contributed by atoms with Gasteiger partial charge in [0.15, 0.2) is 0 Å². The highest BCUT2D eigenvalue weighted by Crippen LogP contribution is 2.17. The number of rotatable bonds is 3. The Labute approximate surface area is 111 Å². The first-order valence-electron chi connectivity index (χ1n) is 6.22. The summed E-state index contributed by atoms with van der Waals surface area (Å²) in [5.41, 5.74) is 2.86. The molecule has 2 aromatic carbocycles. The van der Waals surface area contributed by atoms with Gasteiger partial charge in [-0.3, -0.25) is 4.79 Å². The van der Waals surface area contributed by atoms with E-state index in [9.17, 15) is 4.79 Å². The van der Waals surface area contributed by atoms with Crippen LogP contribution in [0.5, 0.6) is 0 Å². The van der Waals surface area contributed by atoms with Gasteiger partial charge in [0, 0.05) is 17.4 Å². The van der Waals surface area contributed by atoms with Gasteiger partial charge >= 0.3 is 0 Å². The van der Waals surface area contributed by atoms with Crippen molar-refractivity contribution >= 4 is 22.5 Å². The van der Waals surface area contributed by atoms with Gasteiger partial charge in [-0.2, -0.15) is 0 Å². The molecule has 0 unspecified atom stereocenters. The van der Waals surface area contributed by atoms with Crippen LogP contribution in [0.4, 0.5) is 5.69 Å². The average Bonchev–Trinajstić information content (AvgIpc) is 2.87. The van der Waals surface area contributed by atoms with Gasteiger partial charge in [-0.05, 0) is 29.1 Å². The lowest BCUT2D eigenvalue weighted by Crippen LogP contribution is -2.14. The molecule has 0 bridgehead atoms. The van der Waals surface area contributed by atoms with Crippen molar-refractivity contribution in [1.82, 2.24) is 4.98 Å². The molecular formula is C16H14N2O. The van der Waals surface area contributed by atoms with Crippen LogP contribution in [0.15, 0.2) is 60.8 Å². The van der Waals surface area contributed by atoms with Crippen LogP contribution >= 0.6 is 0 Å². The Bertz CT molecular complexity index is 701. The molecule has 1 aromatic heterocycles. The molecule has 3 heteroatoms. The number of aromatic amines is 1. The molecule has 0 saturated heterocycles. The molecule has 1 amide bonds. The van der Waals surface area contributed by atoms with Crippen LogP contribution in [0.1, 0.15) is 5.56 Å². The molecule has 0 radical (unpaired) electrons. The van der Waals surface area contributed by atoms with Crippen molar-refractivity contribution in [3.8, 4) is 0 Å². The second-order valence-corrected chi connectivity index (χ2v) is 4.49. The lowest BCUT2D eigenvalue weighted by molar-refractivity contribution is -0.115. The smallest absolute Gasteiger partial charge is 0.228 e. The van der Waals surface area contributed by atoms with Crippen LogP contribution in [0.25, 0.3) is 10.9 Å². The van der Waals surface area contributed by atoms with Crippen molar-refractivity contribution in [2.45, 2.75) is 6.42 Å². The Morgan fingerprint density at radius 2 is 1.89 bits per heavy atom. The van der Waals surface area contributed by atoms with Gasteiger partial charge in [-0.25, -0.2) is 0 Å². The van der Waals surface area contributed by atoms with Gasteiger partial charge in [-0.15, -0.1) is 0 Å². The van der Waals surface area contributed by atoms with E-state index in [2.05, 4.69) is 10.3 Å². The first-order chi connectivity index (χ1) is 9.31. The molecule has 0 fully saturated rings. The summed E-state index contributed by atoms with van der Waals surface area (Å²) in [5.74, 6) is -0.00268. The molecular weight excluding hydrogens is 236 g/mol. The number of carbonyl (C=O) groups excluding carboxylic acids is 1. The Morgan fingerprint density at radius 3 is 2.74 bits per heavy atom. The van der Waals surface area contributed by atoms with Gasteiger partial charge in [0.1, 0.15) is 0 Å². The largest absolute Gasteiger partial charge is 0.361 e. The number of hydrogen-bond donors (Lipinski definition) is 2. The summed E-state index contributed by atoms with van der Waals surface area (Å²) < 4.78 is 0. The second-order valence-electron chi connectivity index (χ2n) is 4.49. The summed E-state index contributed by atoms with van der Waals surface area (Å²) in [7, 11) is 0. The number of nitrogens with one attached hydrogen (secondary N) is 2. The SMILES string of the molecule is O=C(Cc1ccccc1)Nc1ccc2cc[nH]c2c1. The predicted octanol–water partition coefficient (Wildman–Crippen LogP) is 3.35. The molecule has 3 nitrogen and oxygen atoms in total. The average molecular weight is 250 g/mol. The summed E-state index contributed by atoms with van der Waals surface area (Å²) in [5, 5.41) is 4.05. The topological polar surface area (TPSA) is 44.9 Å². The molecule has 0 aliphatic heterocycles. The van der Waals surface area contributed by atoms with Gasteiger partial charge < -0.3 is 10.3 Å². The third kappa shape index (κ3) is 2.65. The van der Waals surface area contributed by atoms with E-state index in [-0.39, 0.29) is 5.91 Å². The van der Waals surface area contributed by atoms with E-state index in [1.807, 2.05) is 60.8 Å². The summed E-state index contributed by atoms with van der Waals surface area (Å²) in [6, 6.07) is 17.6. The highest BCUT2D eigenvalue weighted by atomic mass is 16.1. The maximum Gasteiger partial charge on any atom is 0.228 e. The number of fused-ring (bicyclic) bond motifs is 1. The predicted molar refractivity (Wildman–Crippen MR) is 77.1 cm³/mol. The third-order valence-electron chi connectivity index (χ3n) is 3.05. The zero-order chi connectivity index (χ0) is 13.1. The van der Waals surface area contributed by atoms with Crippen molar-refractivity contribution in [3.05, 3.63) is 66.4 Å². The Morgan fingerprint density at radius 1 is 1.05 bits per heavy atom. The van der Waals surface area contributed by atoms with Gasteiger partial charge in [0.25, 0.3) is 0 Å². The van der Waals surface area contributed by atoms with Crippen molar-refractivity contribution in [2.75, 3.05) is 5.32 Å². The molecule has 0 saturated carbocycles. The molecule has 0 atom stereocenters. The number of hydrogen-bond acceptors (Lipinski definition) is 1. The summed E-state index contributed by atoms with van der Waals surface area (Å²) in [6.45, 7) is 0. The molecule has 1 heterocycles. The summed E-state index contributed by atoms with van der Waals surface area (Å²) in [6.07, 6.45) is 2.28. The lowest BCUT2D eigenvalue weighted by Gasteiger charge is -2.05. The summed E-state index contributed by atoms with van der Waals surface area (Å²) in [4.78, 5) is 15.1. The van der Waals surface area contributed by atoms with Crippen molar-refractivity contribution in [1.29, 1.82) is 0 Å². The van der Waals surface area contributed by atoms with E-state index in [0.717, 1.165) is 22.2 Å². The van der Waals surface area contributed by atoms with E-state index in [4.69, 9.17) is 0 Å². The number of aromatic nitrogens is 1. The second kappa shape index (κ2) is 4.98. The van der Waals surface area contributed by atoms with Crippen LogP contribution in [0.3, 0.4) is 0 Å². The maximum atomic E-state index is 11.9. The van der Waals surface area contributed by atoms with Crippen LogP contribution in [0, 0.1) is 0 Å². The Hall–Kier alpha value is -2.55. The van der Waals surface area contributed by atoms with E-state index in [1.54, 1.807) is 0 Å². The van der Waals surface area contributed by atoms with Crippen LogP contribution in [0.2, 0.25) is 0 Å². The lowest BCUT2D eigenvalue weighted by atomic mass is 10.1. The molecule has 19 heavy (non-hydrogen) atoms. The minimum Gasteiger partial charge on any atom is -0.361 e. The Balaban J connectivity index is 1.72. The molecule has 3 rings (SSSR count). The number of H-pyrrole nitrogens is 1. The standard InChI is InChI=1S/C16H14N2O/c19-16(10-12-4-2-1-3-5-12)18-14-7-6-13-8-9-17-15(13)11-14/h1-9,11,17H,10H2,(H,18,19). The fourth-order valence-electron chi connectivity index (χ4n) is 2.11. The maximum absolute atomic E-state index is 11.9. The number of carbonyl (C=O) groups is 1. The monoisotopic (exact) mass is 250 g/mol. The molecule has 0 aliphatic rings. The van der Waals surface area contributed by atoms with Crippen LogP contribution in [-0.4, -0.2) is 10.9 Å².